The SMILES string of the molecule is COCc1ccc2c(c1)CNCCS2. The second-order valence-corrected chi connectivity index (χ2v) is 4.54. The van der Waals surface area contributed by atoms with Crippen LogP contribution in [0.1, 0.15) is 11.1 Å². The predicted octanol–water partition coefficient (Wildman–Crippen LogP) is 2.03. The van der Waals surface area contributed by atoms with Crippen molar-refractivity contribution in [2.75, 3.05) is 19.4 Å². The van der Waals surface area contributed by atoms with Gasteiger partial charge in [-0.2, -0.15) is 0 Å². The van der Waals surface area contributed by atoms with Crippen molar-refractivity contribution in [3.05, 3.63) is 29.3 Å². The molecule has 0 aromatic heterocycles. The van der Waals surface area contributed by atoms with Gasteiger partial charge in [-0.05, 0) is 17.2 Å². The lowest BCUT2D eigenvalue weighted by Crippen LogP contribution is -2.14. The van der Waals surface area contributed by atoms with Crippen LogP contribution in [0.3, 0.4) is 0 Å². The van der Waals surface area contributed by atoms with E-state index < -0.39 is 0 Å². The van der Waals surface area contributed by atoms with E-state index in [0.717, 1.165) is 18.8 Å². The summed E-state index contributed by atoms with van der Waals surface area (Å²) in [6, 6.07) is 6.60. The number of methoxy groups -OCH3 is 1. The summed E-state index contributed by atoms with van der Waals surface area (Å²) in [6.07, 6.45) is 0. The molecule has 2 rings (SSSR count). The van der Waals surface area contributed by atoms with Crippen LogP contribution in [0.5, 0.6) is 0 Å². The summed E-state index contributed by atoms with van der Waals surface area (Å²) >= 11 is 1.93. The van der Waals surface area contributed by atoms with Gasteiger partial charge >= 0.3 is 0 Å². The molecule has 14 heavy (non-hydrogen) atoms. The van der Waals surface area contributed by atoms with E-state index in [-0.39, 0.29) is 0 Å². The lowest BCUT2D eigenvalue weighted by atomic mass is 10.1. The first-order chi connectivity index (χ1) is 6.90. The number of thioether (sulfide) groups is 1. The molecule has 76 valence electrons. The van der Waals surface area contributed by atoms with Crippen LogP contribution in [0.4, 0.5) is 0 Å². The van der Waals surface area contributed by atoms with Gasteiger partial charge in [0.15, 0.2) is 0 Å². The number of rotatable bonds is 2. The molecular weight excluding hydrogens is 194 g/mol. The molecule has 3 heteroatoms. The van der Waals surface area contributed by atoms with Gasteiger partial charge < -0.3 is 10.1 Å². The van der Waals surface area contributed by atoms with Crippen LogP contribution in [0.2, 0.25) is 0 Å². The van der Waals surface area contributed by atoms with Crippen LogP contribution in [0, 0.1) is 0 Å². The van der Waals surface area contributed by atoms with Crippen molar-refractivity contribution in [1.82, 2.24) is 5.32 Å². The summed E-state index contributed by atoms with van der Waals surface area (Å²) < 4.78 is 5.12. The fourth-order valence-electron chi connectivity index (χ4n) is 1.62. The van der Waals surface area contributed by atoms with E-state index >= 15 is 0 Å². The molecule has 0 aliphatic carbocycles. The highest BCUT2D eigenvalue weighted by Gasteiger charge is 2.07. The maximum atomic E-state index is 5.12. The van der Waals surface area contributed by atoms with Gasteiger partial charge in [0.25, 0.3) is 0 Å². The summed E-state index contributed by atoms with van der Waals surface area (Å²) in [6.45, 7) is 2.79. The summed E-state index contributed by atoms with van der Waals surface area (Å²) in [5.41, 5.74) is 2.66. The van der Waals surface area contributed by atoms with Crippen molar-refractivity contribution < 1.29 is 4.74 Å². The maximum Gasteiger partial charge on any atom is 0.0713 e. The van der Waals surface area contributed by atoms with Gasteiger partial charge in [0.05, 0.1) is 6.61 Å². The van der Waals surface area contributed by atoms with Gasteiger partial charge in [0, 0.05) is 30.8 Å². The van der Waals surface area contributed by atoms with E-state index in [9.17, 15) is 0 Å². The molecule has 1 aromatic rings. The van der Waals surface area contributed by atoms with E-state index in [1.165, 1.54) is 16.0 Å². The minimum atomic E-state index is 0.706. The Bertz CT molecular complexity index is 314. The minimum absolute atomic E-state index is 0.706. The second-order valence-electron chi connectivity index (χ2n) is 3.40. The molecule has 1 N–H and O–H groups in total. The van der Waals surface area contributed by atoms with Gasteiger partial charge in [-0.1, -0.05) is 12.1 Å². The molecule has 2 nitrogen and oxygen atoms in total. The second kappa shape index (κ2) is 4.82. The van der Waals surface area contributed by atoms with Gasteiger partial charge in [0.2, 0.25) is 0 Å². The van der Waals surface area contributed by atoms with Gasteiger partial charge in [-0.3, -0.25) is 0 Å². The predicted molar refractivity (Wildman–Crippen MR) is 59.6 cm³/mol. The Morgan fingerprint density at radius 2 is 2.43 bits per heavy atom. The zero-order valence-corrected chi connectivity index (χ0v) is 9.19. The van der Waals surface area contributed by atoms with Gasteiger partial charge in [-0.25, -0.2) is 0 Å². The van der Waals surface area contributed by atoms with Gasteiger partial charge in [0.1, 0.15) is 0 Å². The summed E-state index contributed by atoms with van der Waals surface area (Å²) in [7, 11) is 1.73. The third kappa shape index (κ3) is 2.29. The highest BCUT2D eigenvalue weighted by molar-refractivity contribution is 7.99. The molecule has 1 heterocycles. The van der Waals surface area contributed by atoms with Crippen LogP contribution in [-0.2, 0) is 17.9 Å². The molecule has 0 fully saturated rings. The Balaban J connectivity index is 2.23. The topological polar surface area (TPSA) is 21.3 Å². The zero-order chi connectivity index (χ0) is 9.80. The molecule has 1 aromatic carbocycles. The van der Waals surface area contributed by atoms with E-state index in [0.29, 0.717) is 6.61 Å². The molecule has 0 unspecified atom stereocenters. The fourth-order valence-corrected chi connectivity index (χ4v) is 2.57. The molecular formula is C11H15NOS. The largest absolute Gasteiger partial charge is 0.380 e. The van der Waals surface area contributed by atoms with Crippen molar-refractivity contribution in [2.24, 2.45) is 0 Å². The summed E-state index contributed by atoms with van der Waals surface area (Å²) in [5.74, 6) is 1.16. The molecule has 0 bridgehead atoms. The van der Waals surface area contributed by atoms with E-state index in [4.69, 9.17) is 4.74 Å². The first-order valence-corrected chi connectivity index (χ1v) is 5.83. The molecule has 1 aliphatic heterocycles. The highest BCUT2D eigenvalue weighted by atomic mass is 32.2. The number of fused-ring (bicyclic) bond motifs is 1. The minimum Gasteiger partial charge on any atom is -0.380 e. The lowest BCUT2D eigenvalue weighted by molar-refractivity contribution is 0.185. The van der Waals surface area contributed by atoms with Crippen molar-refractivity contribution in [3.63, 3.8) is 0 Å². The first kappa shape index (κ1) is 10.0. The number of nitrogens with one attached hydrogen (secondary N) is 1. The molecule has 0 atom stereocenters. The van der Waals surface area contributed by atoms with Gasteiger partial charge in [-0.15, -0.1) is 11.8 Å². The van der Waals surface area contributed by atoms with Crippen molar-refractivity contribution in [2.45, 2.75) is 18.0 Å². The number of benzene rings is 1. The smallest absolute Gasteiger partial charge is 0.0713 e. The third-order valence-corrected chi connectivity index (χ3v) is 3.41. The quantitative estimate of drug-likeness (QED) is 0.805. The first-order valence-electron chi connectivity index (χ1n) is 4.84. The zero-order valence-electron chi connectivity index (χ0n) is 8.38. The Morgan fingerprint density at radius 3 is 3.29 bits per heavy atom. The highest BCUT2D eigenvalue weighted by Crippen LogP contribution is 2.25. The Labute approximate surface area is 89.0 Å². The molecule has 0 amide bonds. The average molecular weight is 209 g/mol. The van der Waals surface area contributed by atoms with E-state index in [1.807, 2.05) is 11.8 Å². The maximum absolute atomic E-state index is 5.12. The van der Waals surface area contributed by atoms with Crippen LogP contribution >= 0.6 is 11.8 Å². The molecule has 0 saturated heterocycles. The Kier molecular flexibility index (Phi) is 3.45. The lowest BCUT2D eigenvalue weighted by Gasteiger charge is -2.07. The fraction of sp³-hybridized carbons (Fsp3) is 0.455. The normalized spacial score (nSPS) is 16.1. The Hall–Kier alpha value is -0.510. The third-order valence-electron chi connectivity index (χ3n) is 2.29. The monoisotopic (exact) mass is 209 g/mol. The molecule has 0 radical (unpaired) electrons. The molecule has 1 aliphatic rings. The summed E-state index contributed by atoms with van der Waals surface area (Å²) in [5, 5.41) is 3.41. The number of ether oxygens (including phenoxy) is 1. The van der Waals surface area contributed by atoms with Crippen LogP contribution < -0.4 is 5.32 Å². The van der Waals surface area contributed by atoms with Crippen molar-refractivity contribution in [1.29, 1.82) is 0 Å². The number of hydrogen-bond acceptors (Lipinski definition) is 3. The van der Waals surface area contributed by atoms with Crippen LogP contribution in [0.25, 0.3) is 0 Å². The van der Waals surface area contributed by atoms with Crippen LogP contribution in [0.15, 0.2) is 23.1 Å². The number of hydrogen-bond donors (Lipinski definition) is 1. The van der Waals surface area contributed by atoms with Crippen molar-refractivity contribution >= 4 is 11.8 Å². The Morgan fingerprint density at radius 1 is 1.50 bits per heavy atom. The summed E-state index contributed by atoms with van der Waals surface area (Å²) in [4.78, 5) is 1.41. The standard InChI is InChI=1S/C11H15NOS/c1-13-8-9-2-3-11-10(6-9)7-12-4-5-14-11/h2-3,6,12H,4-5,7-8H2,1H3. The van der Waals surface area contributed by atoms with Crippen molar-refractivity contribution in [3.8, 4) is 0 Å². The van der Waals surface area contributed by atoms with E-state index in [1.54, 1.807) is 7.11 Å². The van der Waals surface area contributed by atoms with E-state index in [2.05, 4.69) is 23.5 Å². The average Bonchev–Trinajstić information content (AvgIpc) is 2.42. The van der Waals surface area contributed by atoms with Crippen LogP contribution in [-0.4, -0.2) is 19.4 Å². The molecule has 0 saturated carbocycles. The molecule has 0 spiro atoms.